The molecular formula is C11H14O. The average molecular weight is 162 g/mol. The molecule has 1 heteroatoms. The maximum absolute atomic E-state index is 11.8. The van der Waals surface area contributed by atoms with Gasteiger partial charge >= 0.3 is 0 Å². The summed E-state index contributed by atoms with van der Waals surface area (Å²) in [5.41, 5.74) is 1.59. The molecule has 2 unspecified atom stereocenters. The Labute approximate surface area is 72.8 Å². The number of hydrogen-bond donors (Lipinski definition) is 0. The van der Waals surface area contributed by atoms with Crippen molar-refractivity contribution in [1.82, 2.24) is 0 Å². The van der Waals surface area contributed by atoms with E-state index in [2.05, 4.69) is 6.08 Å². The summed E-state index contributed by atoms with van der Waals surface area (Å²) in [6.45, 7) is 0. The van der Waals surface area contributed by atoms with Crippen molar-refractivity contribution in [2.24, 2.45) is 11.3 Å². The first-order valence-electron chi connectivity index (χ1n) is 5.06. The van der Waals surface area contributed by atoms with Gasteiger partial charge in [-0.1, -0.05) is 11.6 Å². The highest BCUT2D eigenvalue weighted by Gasteiger charge is 2.50. The van der Waals surface area contributed by atoms with Gasteiger partial charge in [0.25, 0.3) is 0 Å². The lowest BCUT2D eigenvalue weighted by molar-refractivity contribution is -0.130. The highest BCUT2D eigenvalue weighted by atomic mass is 16.1. The molecule has 0 amide bonds. The number of Topliss-reactive ketones (excluding diaryl/α,β-unsaturated/α-hetero) is 1. The minimum atomic E-state index is 0.0781. The number of rotatable bonds is 0. The van der Waals surface area contributed by atoms with Crippen LogP contribution in [0.3, 0.4) is 0 Å². The van der Waals surface area contributed by atoms with Gasteiger partial charge in [-0.25, -0.2) is 0 Å². The molecule has 0 aliphatic heterocycles. The Morgan fingerprint density at radius 2 is 2.33 bits per heavy atom. The quantitative estimate of drug-likeness (QED) is 0.500. The molecule has 4 aliphatic rings. The van der Waals surface area contributed by atoms with Crippen molar-refractivity contribution in [3.63, 3.8) is 0 Å². The fourth-order valence-electron chi connectivity index (χ4n) is 3.36. The molecule has 0 heterocycles. The summed E-state index contributed by atoms with van der Waals surface area (Å²) in [7, 11) is 0. The van der Waals surface area contributed by atoms with E-state index >= 15 is 0 Å². The average Bonchev–Trinajstić information content (AvgIpc) is 2.47. The second-order valence-corrected chi connectivity index (χ2v) is 4.55. The minimum Gasteiger partial charge on any atom is -0.299 e. The summed E-state index contributed by atoms with van der Waals surface area (Å²) >= 11 is 0. The predicted molar refractivity (Wildman–Crippen MR) is 46.7 cm³/mol. The molecule has 0 aromatic carbocycles. The maximum atomic E-state index is 11.8. The highest BCUT2D eigenvalue weighted by Crippen LogP contribution is 2.56. The molecule has 0 N–H and O–H groups in total. The van der Waals surface area contributed by atoms with Crippen molar-refractivity contribution >= 4 is 5.78 Å². The zero-order valence-electron chi connectivity index (χ0n) is 7.31. The molecule has 0 radical (unpaired) electrons. The third-order valence-electron chi connectivity index (χ3n) is 4.02. The maximum Gasteiger partial charge on any atom is 0.143 e. The molecule has 0 aromatic rings. The highest BCUT2D eigenvalue weighted by molar-refractivity contribution is 5.91. The molecule has 4 rings (SSSR count). The van der Waals surface area contributed by atoms with Crippen LogP contribution in [0.1, 0.15) is 38.5 Å². The molecule has 2 bridgehead atoms. The van der Waals surface area contributed by atoms with Crippen LogP contribution >= 0.6 is 0 Å². The lowest BCUT2D eigenvalue weighted by Gasteiger charge is -2.41. The van der Waals surface area contributed by atoms with Gasteiger partial charge in [-0.2, -0.15) is 0 Å². The Kier molecular flexibility index (Phi) is 1.15. The molecular weight excluding hydrogens is 148 g/mol. The Morgan fingerprint density at radius 3 is 3.08 bits per heavy atom. The number of hydrogen-bond acceptors (Lipinski definition) is 1. The smallest absolute Gasteiger partial charge is 0.143 e. The summed E-state index contributed by atoms with van der Waals surface area (Å²) in [5, 5.41) is 0. The van der Waals surface area contributed by atoms with E-state index < -0.39 is 0 Å². The van der Waals surface area contributed by atoms with Crippen LogP contribution in [0.25, 0.3) is 0 Å². The van der Waals surface area contributed by atoms with E-state index in [1.807, 2.05) is 0 Å². The number of ketones is 1. The molecule has 0 aromatic heterocycles. The van der Waals surface area contributed by atoms with Gasteiger partial charge in [-0.15, -0.1) is 0 Å². The van der Waals surface area contributed by atoms with Crippen molar-refractivity contribution in [2.75, 3.05) is 0 Å². The molecule has 0 saturated heterocycles. The molecule has 64 valence electrons. The number of fused-ring (bicyclic) bond motifs is 2. The molecule has 4 aliphatic carbocycles. The van der Waals surface area contributed by atoms with E-state index in [0.717, 1.165) is 12.8 Å². The predicted octanol–water partition coefficient (Wildman–Crippen LogP) is 2.47. The third kappa shape index (κ3) is 0.634. The van der Waals surface area contributed by atoms with Crippen LogP contribution in [0, 0.1) is 11.3 Å². The number of allylic oxidation sites excluding steroid dienone is 2. The lowest BCUT2D eigenvalue weighted by Crippen LogP contribution is -2.39. The molecule has 2 atom stereocenters. The first kappa shape index (κ1) is 6.88. The second kappa shape index (κ2) is 2.01. The van der Waals surface area contributed by atoms with Gasteiger partial charge in [0.1, 0.15) is 5.78 Å². The van der Waals surface area contributed by atoms with Gasteiger partial charge in [0, 0.05) is 11.8 Å². The zero-order valence-corrected chi connectivity index (χ0v) is 7.31. The van der Waals surface area contributed by atoms with E-state index in [1.54, 1.807) is 0 Å². The van der Waals surface area contributed by atoms with Gasteiger partial charge < -0.3 is 0 Å². The first-order chi connectivity index (χ1) is 5.81. The third-order valence-corrected chi connectivity index (χ3v) is 4.02. The van der Waals surface area contributed by atoms with Crippen molar-refractivity contribution < 1.29 is 4.79 Å². The number of carbonyl (C=O) groups excluding carboxylic acids is 1. The van der Waals surface area contributed by atoms with Crippen molar-refractivity contribution in [3.8, 4) is 0 Å². The normalized spacial score (nSPS) is 44.5. The fourth-order valence-corrected chi connectivity index (χ4v) is 3.36. The molecule has 12 heavy (non-hydrogen) atoms. The van der Waals surface area contributed by atoms with Gasteiger partial charge in [0.15, 0.2) is 0 Å². The van der Waals surface area contributed by atoms with Gasteiger partial charge in [-0.3, -0.25) is 4.79 Å². The Bertz CT molecular complexity index is 277. The number of carbonyl (C=O) groups is 1. The molecule has 1 nitrogen and oxygen atoms in total. The van der Waals surface area contributed by atoms with E-state index in [-0.39, 0.29) is 5.41 Å². The largest absolute Gasteiger partial charge is 0.299 e. The van der Waals surface area contributed by atoms with Crippen LogP contribution in [0.5, 0.6) is 0 Å². The van der Waals surface area contributed by atoms with Crippen LogP contribution in [0.15, 0.2) is 11.6 Å². The Balaban J connectivity index is 2.16. The summed E-state index contributed by atoms with van der Waals surface area (Å²) in [4.78, 5) is 11.8. The van der Waals surface area contributed by atoms with Crippen molar-refractivity contribution in [1.29, 1.82) is 0 Å². The Morgan fingerprint density at radius 1 is 1.42 bits per heavy atom. The Hall–Kier alpha value is -0.590. The fraction of sp³-hybridized carbons (Fsp3) is 0.727. The summed E-state index contributed by atoms with van der Waals surface area (Å²) in [5.74, 6) is 1.18. The van der Waals surface area contributed by atoms with Gasteiger partial charge in [-0.05, 0) is 38.0 Å². The summed E-state index contributed by atoms with van der Waals surface area (Å²) < 4.78 is 0. The van der Waals surface area contributed by atoms with Crippen molar-refractivity contribution in [2.45, 2.75) is 38.5 Å². The summed E-state index contributed by atoms with van der Waals surface area (Å²) in [6, 6.07) is 0. The topological polar surface area (TPSA) is 17.1 Å². The molecule has 2 saturated carbocycles. The van der Waals surface area contributed by atoms with Crippen molar-refractivity contribution in [3.05, 3.63) is 11.6 Å². The first-order valence-corrected chi connectivity index (χ1v) is 5.06. The van der Waals surface area contributed by atoms with E-state index in [4.69, 9.17) is 0 Å². The molecule has 2 fully saturated rings. The standard InChI is InChI=1S/C11H14O/c12-10-7-8-3-5-11(10)4-1-2-9(11)6-8/h6,8H,1-5,7H2. The van der Waals surface area contributed by atoms with Crippen LogP contribution < -0.4 is 0 Å². The lowest BCUT2D eigenvalue weighted by atomic mass is 9.61. The van der Waals surface area contributed by atoms with E-state index in [0.29, 0.717) is 11.7 Å². The second-order valence-electron chi connectivity index (χ2n) is 4.55. The van der Waals surface area contributed by atoms with Gasteiger partial charge in [0.05, 0.1) is 0 Å². The van der Waals surface area contributed by atoms with Crippen LogP contribution in [-0.4, -0.2) is 5.78 Å². The van der Waals surface area contributed by atoms with Crippen LogP contribution in [0.4, 0.5) is 0 Å². The monoisotopic (exact) mass is 162 g/mol. The summed E-state index contributed by atoms with van der Waals surface area (Å²) in [6.07, 6.45) is 9.33. The molecule has 1 spiro atoms. The van der Waals surface area contributed by atoms with Crippen LogP contribution in [0.2, 0.25) is 0 Å². The van der Waals surface area contributed by atoms with Crippen LogP contribution in [-0.2, 0) is 4.79 Å². The SMILES string of the molecule is O=C1CC2C=C3CCCC13CC2. The minimum absolute atomic E-state index is 0.0781. The van der Waals surface area contributed by atoms with E-state index in [9.17, 15) is 4.79 Å². The zero-order chi connectivity index (χ0) is 8.18. The van der Waals surface area contributed by atoms with Gasteiger partial charge in [0.2, 0.25) is 0 Å². The van der Waals surface area contributed by atoms with E-state index in [1.165, 1.54) is 31.3 Å².